The van der Waals surface area contributed by atoms with Crippen LogP contribution >= 0.6 is 0 Å². The maximum atomic E-state index is 11.8. The normalized spacial score (nSPS) is 10.2. The molecule has 0 spiro atoms. The highest BCUT2D eigenvalue weighted by atomic mass is 16.6. The van der Waals surface area contributed by atoms with Gasteiger partial charge in [0.2, 0.25) is 5.91 Å². The standard InChI is InChI=1S/C15H17N5O4/c1-10-7-11(2)19(18-10)9-15(22)17-16-14(21)8-12-5-3-4-6-13(12)20(23)24/h3-7H,8-9H2,1-2H3,(H,16,21)(H,17,22). The SMILES string of the molecule is Cc1cc(C)n(CC(=O)NNC(=O)Cc2ccccc2[N+](=O)[O-])n1. The average molecular weight is 331 g/mol. The van der Waals surface area contributed by atoms with Gasteiger partial charge in [0.15, 0.2) is 0 Å². The second kappa shape index (κ2) is 7.36. The van der Waals surface area contributed by atoms with Gasteiger partial charge in [0.25, 0.3) is 11.6 Å². The highest BCUT2D eigenvalue weighted by Gasteiger charge is 2.16. The summed E-state index contributed by atoms with van der Waals surface area (Å²) in [6.45, 7) is 3.60. The number of nitro groups is 1. The Morgan fingerprint density at radius 3 is 2.50 bits per heavy atom. The first-order valence-electron chi connectivity index (χ1n) is 7.18. The first-order chi connectivity index (χ1) is 11.4. The molecule has 0 saturated carbocycles. The summed E-state index contributed by atoms with van der Waals surface area (Å²) in [4.78, 5) is 34.0. The molecule has 2 amide bonds. The molecule has 0 atom stereocenters. The molecule has 0 aliphatic rings. The van der Waals surface area contributed by atoms with E-state index >= 15 is 0 Å². The maximum Gasteiger partial charge on any atom is 0.273 e. The van der Waals surface area contributed by atoms with Crippen LogP contribution in [0.3, 0.4) is 0 Å². The summed E-state index contributed by atoms with van der Waals surface area (Å²) in [5, 5.41) is 15.0. The third kappa shape index (κ3) is 4.38. The predicted molar refractivity (Wildman–Crippen MR) is 84.8 cm³/mol. The Balaban J connectivity index is 1.88. The smallest absolute Gasteiger partial charge is 0.273 e. The van der Waals surface area contributed by atoms with Crippen molar-refractivity contribution in [2.75, 3.05) is 0 Å². The number of nitrogens with zero attached hydrogens (tertiary/aromatic N) is 3. The third-order valence-corrected chi connectivity index (χ3v) is 3.28. The molecule has 0 bridgehead atoms. The van der Waals surface area contributed by atoms with Crippen molar-refractivity contribution in [3.8, 4) is 0 Å². The van der Waals surface area contributed by atoms with Crippen molar-refractivity contribution in [2.45, 2.75) is 26.8 Å². The quantitative estimate of drug-likeness (QED) is 0.620. The fraction of sp³-hybridized carbons (Fsp3) is 0.267. The first-order valence-corrected chi connectivity index (χ1v) is 7.18. The van der Waals surface area contributed by atoms with Crippen molar-refractivity contribution in [3.05, 3.63) is 57.4 Å². The number of nitrogens with one attached hydrogen (secondary N) is 2. The molecule has 1 heterocycles. The highest BCUT2D eigenvalue weighted by Crippen LogP contribution is 2.17. The number of hydrogen-bond acceptors (Lipinski definition) is 5. The van der Waals surface area contributed by atoms with Gasteiger partial charge in [-0.05, 0) is 19.9 Å². The molecule has 0 aliphatic carbocycles. The van der Waals surface area contributed by atoms with Crippen molar-refractivity contribution in [2.24, 2.45) is 0 Å². The lowest BCUT2D eigenvalue weighted by molar-refractivity contribution is -0.385. The van der Waals surface area contributed by atoms with Gasteiger partial charge in [-0.25, -0.2) is 0 Å². The van der Waals surface area contributed by atoms with Crippen LogP contribution in [0.2, 0.25) is 0 Å². The minimum absolute atomic E-state index is 0.0363. The Hall–Kier alpha value is -3.23. The van der Waals surface area contributed by atoms with Gasteiger partial charge in [-0.15, -0.1) is 0 Å². The number of hydrazine groups is 1. The third-order valence-electron chi connectivity index (χ3n) is 3.28. The number of nitro benzene ring substituents is 1. The Kier molecular flexibility index (Phi) is 5.25. The molecule has 0 saturated heterocycles. The Morgan fingerprint density at radius 1 is 1.21 bits per heavy atom. The fourth-order valence-corrected chi connectivity index (χ4v) is 2.21. The summed E-state index contributed by atoms with van der Waals surface area (Å²) in [6.07, 6.45) is -0.211. The van der Waals surface area contributed by atoms with E-state index in [1.54, 1.807) is 6.07 Å². The number of carbonyl (C=O) groups is 2. The van der Waals surface area contributed by atoms with E-state index in [4.69, 9.17) is 0 Å². The minimum Gasteiger partial charge on any atom is -0.273 e. The summed E-state index contributed by atoms with van der Waals surface area (Å²) >= 11 is 0. The van der Waals surface area contributed by atoms with E-state index in [1.165, 1.54) is 22.9 Å². The highest BCUT2D eigenvalue weighted by molar-refractivity contribution is 5.83. The number of aromatic nitrogens is 2. The lowest BCUT2D eigenvalue weighted by Crippen LogP contribution is -2.44. The molecule has 24 heavy (non-hydrogen) atoms. The van der Waals surface area contributed by atoms with E-state index in [9.17, 15) is 19.7 Å². The van der Waals surface area contributed by atoms with Crippen molar-refractivity contribution in [3.63, 3.8) is 0 Å². The lowest BCUT2D eigenvalue weighted by Gasteiger charge is -2.08. The number of benzene rings is 1. The monoisotopic (exact) mass is 331 g/mol. The molecule has 9 nitrogen and oxygen atoms in total. The van der Waals surface area contributed by atoms with Gasteiger partial charge in [-0.2, -0.15) is 5.10 Å². The zero-order chi connectivity index (χ0) is 17.7. The Labute approximate surface area is 137 Å². The summed E-state index contributed by atoms with van der Waals surface area (Å²) < 4.78 is 1.51. The van der Waals surface area contributed by atoms with Crippen molar-refractivity contribution in [1.82, 2.24) is 20.6 Å². The van der Waals surface area contributed by atoms with E-state index in [0.717, 1.165) is 11.4 Å². The van der Waals surface area contributed by atoms with E-state index < -0.39 is 16.7 Å². The van der Waals surface area contributed by atoms with Crippen molar-refractivity contribution in [1.29, 1.82) is 0 Å². The predicted octanol–water partition coefficient (Wildman–Crippen LogP) is 0.798. The number of amides is 2. The van der Waals surface area contributed by atoms with E-state index in [2.05, 4.69) is 16.0 Å². The van der Waals surface area contributed by atoms with E-state index in [1.807, 2.05) is 19.9 Å². The summed E-state index contributed by atoms with van der Waals surface area (Å²) in [6, 6.07) is 7.78. The molecule has 9 heteroatoms. The van der Waals surface area contributed by atoms with Gasteiger partial charge in [0.05, 0.1) is 17.0 Å². The van der Waals surface area contributed by atoms with Gasteiger partial charge >= 0.3 is 0 Å². The van der Waals surface area contributed by atoms with Crippen LogP contribution in [-0.4, -0.2) is 26.5 Å². The van der Waals surface area contributed by atoms with Gasteiger partial charge in [-0.3, -0.25) is 35.2 Å². The van der Waals surface area contributed by atoms with Crippen molar-refractivity contribution < 1.29 is 14.5 Å². The summed E-state index contributed by atoms with van der Waals surface area (Å²) in [7, 11) is 0. The Morgan fingerprint density at radius 2 is 1.88 bits per heavy atom. The molecular formula is C15H17N5O4. The molecule has 126 valence electrons. The van der Waals surface area contributed by atoms with Gasteiger partial charge in [0.1, 0.15) is 6.54 Å². The van der Waals surface area contributed by atoms with Crippen LogP contribution in [0, 0.1) is 24.0 Å². The van der Waals surface area contributed by atoms with Crippen LogP contribution in [0.5, 0.6) is 0 Å². The molecule has 1 aromatic heterocycles. The average Bonchev–Trinajstić information content (AvgIpc) is 2.83. The van der Waals surface area contributed by atoms with Crippen LogP contribution in [0.1, 0.15) is 17.0 Å². The van der Waals surface area contributed by atoms with Crippen molar-refractivity contribution >= 4 is 17.5 Å². The summed E-state index contributed by atoms with van der Waals surface area (Å²) in [5.41, 5.74) is 6.26. The molecule has 0 radical (unpaired) electrons. The molecule has 1 aromatic carbocycles. The molecule has 2 rings (SSSR count). The number of aryl methyl sites for hydroxylation is 2. The summed E-state index contributed by atoms with van der Waals surface area (Å²) in [5.74, 6) is -0.997. The van der Waals surface area contributed by atoms with Gasteiger partial charge in [-0.1, -0.05) is 18.2 Å². The zero-order valence-electron chi connectivity index (χ0n) is 13.3. The van der Waals surface area contributed by atoms with E-state index in [-0.39, 0.29) is 24.2 Å². The lowest BCUT2D eigenvalue weighted by atomic mass is 10.1. The second-order valence-corrected chi connectivity index (χ2v) is 5.24. The molecule has 0 fully saturated rings. The van der Waals surface area contributed by atoms with Gasteiger partial charge in [0, 0.05) is 17.3 Å². The van der Waals surface area contributed by atoms with Crippen LogP contribution in [0.4, 0.5) is 5.69 Å². The van der Waals surface area contributed by atoms with Crippen LogP contribution in [0.15, 0.2) is 30.3 Å². The molecule has 2 N–H and O–H groups in total. The van der Waals surface area contributed by atoms with Crippen LogP contribution in [-0.2, 0) is 22.6 Å². The topological polar surface area (TPSA) is 119 Å². The zero-order valence-corrected chi connectivity index (χ0v) is 13.3. The second-order valence-electron chi connectivity index (χ2n) is 5.24. The fourth-order valence-electron chi connectivity index (χ4n) is 2.21. The van der Waals surface area contributed by atoms with Gasteiger partial charge < -0.3 is 0 Å². The largest absolute Gasteiger partial charge is 0.273 e. The number of para-hydroxylation sites is 1. The number of carbonyl (C=O) groups excluding carboxylic acids is 2. The Bertz CT molecular complexity index is 784. The molecule has 0 aliphatic heterocycles. The number of rotatable bonds is 5. The van der Waals surface area contributed by atoms with Crippen LogP contribution < -0.4 is 10.9 Å². The molecule has 2 aromatic rings. The minimum atomic E-state index is -0.552. The number of hydrogen-bond donors (Lipinski definition) is 2. The first kappa shape index (κ1) is 17.1. The van der Waals surface area contributed by atoms with E-state index in [0.29, 0.717) is 0 Å². The van der Waals surface area contributed by atoms with Crippen LogP contribution in [0.25, 0.3) is 0 Å². The molecule has 0 unspecified atom stereocenters. The maximum absolute atomic E-state index is 11.8. The molecular weight excluding hydrogens is 314 g/mol.